The number of benzene rings is 2. The summed E-state index contributed by atoms with van der Waals surface area (Å²) in [5, 5.41) is 6.41. The minimum Gasteiger partial charge on any atom is -0.497 e. The third kappa shape index (κ3) is 5.70. The summed E-state index contributed by atoms with van der Waals surface area (Å²) in [6, 6.07) is 13.5. The van der Waals surface area contributed by atoms with Crippen molar-refractivity contribution in [2.45, 2.75) is 39.2 Å². The van der Waals surface area contributed by atoms with Crippen molar-refractivity contribution in [2.75, 3.05) is 40.5 Å². The Balaban J connectivity index is 1.60. The molecule has 0 spiro atoms. The molecule has 2 aliphatic rings. The second-order valence-corrected chi connectivity index (χ2v) is 9.31. The predicted molar refractivity (Wildman–Crippen MR) is 137 cm³/mol. The monoisotopic (exact) mass is 493 g/mol. The number of hydrogen-bond acceptors (Lipinski definition) is 7. The maximum absolute atomic E-state index is 13.7. The first-order valence-electron chi connectivity index (χ1n) is 12.5. The van der Waals surface area contributed by atoms with Crippen LogP contribution in [-0.2, 0) is 14.3 Å². The van der Waals surface area contributed by atoms with E-state index < -0.39 is 0 Å². The standard InChI is InChI=1S/C28H35N3O5/c1-5-36-28(33)21-10-7-13-30(17-21)18-27(32)31-25(23-12-11-22(34-3)15-26(23)35-4)16-24(29-31)20-9-6-8-19(2)14-20/h6,8-9,11-12,14-15,21,25H,5,7,10,13,16-18H2,1-4H3/t21-,25+/m0/s1. The first-order chi connectivity index (χ1) is 17.4. The van der Waals surface area contributed by atoms with Gasteiger partial charge in [0.25, 0.3) is 5.91 Å². The molecule has 192 valence electrons. The first-order valence-corrected chi connectivity index (χ1v) is 12.5. The molecule has 4 rings (SSSR count). The number of methoxy groups -OCH3 is 2. The van der Waals surface area contributed by atoms with Crippen molar-refractivity contribution < 1.29 is 23.8 Å². The molecule has 0 aliphatic carbocycles. The van der Waals surface area contributed by atoms with Gasteiger partial charge in [0, 0.05) is 24.6 Å². The van der Waals surface area contributed by atoms with Crippen LogP contribution in [-0.4, -0.2) is 68.0 Å². The SMILES string of the molecule is CCOC(=O)[C@H]1CCCN(CC(=O)N2N=C(c3cccc(C)c3)C[C@@H]2c2ccc(OC)cc2OC)C1. The number of carbonyl (C=O) groups excluding carboxylic acids is 2. The molecule has 0 unspecified atom stereocenters. The van der Waals surface area contributed by atoms with Crippen LogP contribution in [0.25, 0.3) is 0 Å². The van der Waals surface area contributed by atoms with Crippen LogP contribution in [0.4, 0.5) is 0 Å². The predicted octanol–water partition coefficient (Wildman–Crippen LogP) is 3.97. The van der Waals surface area contributed by atoms with E-state index in [0.29, 0.717) is 31.1 Å². The van der Waals surface area contributed by atoms with E-state index in [-0.39, 0.29) is 30.4 Å². The Bertz CT molecular complexity index is 1130. The molecule has 8 nitrogen and oxygen atoms in total. The summed E-state index contributed by atoms with van der Waals surface area (Å²) in [5.41, 5.74) is 3.87. The van der Waals surface area contributed by atoms with Crippen LogP contribution >= 0.6 is 0 Å². The molecule has 1 fully saturated rings. The Hall–Kier alpha value is -3.39. The lowest BCUT2D eigenvalue weighted by atomic mass is 9.96. The molecular weight excluding hydrogens is 458 g/mol. The molecule has 0 saturated carbocycles. The highest BCUT2D eigenvalue weighted by atomic mass is 16.5. The highest BCUT2D eigenvalue weighted by Gasteiger charge is 2.36. The quantitative estimate of drug-likeness (QED) is 0.518. The van der Waals surface area contributed by atoms with Crippen molar-refractivity contribution in [3.05, 3.63) is 59.2 Å². The Morgan fingerprint density at radius 3 is 2.67 bits per heavy atom. The van der Waals surface area contributed by atoms with Crippen LogP contribution in [0, 0.1) is 12.8 Å². The number of rotatable bonds is 8. The van der Waals surface area contributed by atoms with E-state index in [1.54, 1.807) is 19.2 Å². The van der Waals surface area contributed by atoms with E-state index in [4.69, 9.17) is 19.3 Å². The molecular formula is C28H35N3O5. The van der Waals surface area contributed by atoms with Gasteiger partial charge in [-0.2, -0.15) is 5.10 Å². The molecule has 2 aromatic carbocycles. The lowest BCUT2D eigenvalue weighted by Gasteiger charge is -2.32. The van der Waals surface area contributed by atoms with Crippen LogP contribution in [0.1, 0.15) is 48.9 Å². The Labute approximate surface area is 212 Å². The Morgan fingerprint density at radius 2 is 1.94 bits per heavy atom. The molecule has 8 heteroatoms. The van der Waals surface area contributed by atoms with Crippen LogP contribution in [0.2, 0.25) is 0 Å². The third-order valence-electron chi connectivity index (χ3n) is 6.80. The molecule has 1 amide bonds. The van der Waals surface area contributed by atoms with E-state index in [9.17, 15) is 9.59 Å². The second kappa shape index (κ2) is 11.6. The van der Waals surface area contributed by atoms with Gasteiger partial charge in [0.2, 0.25) is 0 Å². The van der Waals surface area contributed by atoms with Crippen molar-refractivity contribution in [3.63, 3.8) is 0 Å². The van der Waals surface area contributed by atoms with E-state index in [1.165, 1.54) is 0 Å². The van der Waals surface area contributed by atoms with Gasteiger partial charge in [0.05, 0.1) is 45.0 Å². The van der Waals surface area contributed by atoms with Gasteiger partial charge in [-0.1, -0.05) is 29.8 Å². The zero-order chi connectivity index (χ0) is 25.7. The zero-order valence-corrected chi connectivity index (χ0v) is 21.5. The number of nitrogens with zero attached hydrogens (tertiary/aromatic N) is 3. The molecule has 0 bridgehead atoms. The highest BCUT2D eigenvalue weighted by Crippen LogP contribution is 2.39. The molecule has 2 heterocycles. The molecule has 2 atom stereocenters. The molecule has 0 radical (unpaired) electrons. The second-order valence-electron chi connectivity index (χ2n) is 9.31. The number of aryl methyl sites for hydroxylation is 1. The van der Waals surface area contributed by atoms with Gasteiger partial charge >= 0.3 is 5.97 Å². The summed E-state index contributed by atoms with van der Waals surface area (Å²) in [5.74, 6) is 0.846. The Morgan fingerprint density at radius 1 is 1.11 bits per heavy atom. The van der Waals surface area contributed by atoms with Crippen LogP contribution < -0.4 is 9.47 Å². The van der Waals surface area contributed by atoms with Crippen LogP contribution in [0.15, 0.2) is 47.6 Å². The molecule has 2 aromatic rings. The average molecular weight is 494 g/mol. The number of hydrazone groups is 1. The summed E-state index contributed by atoms with van der Waals surface area (Å²) in [7, 11) is 3.23. The summed E-state index contributed by atoms with van der Waals surface area (Å²) >= 11 is 0. The fourth-order valence-corrected chi connectivity index (χ4v) is 4.99. The van der Waals surface area contributed by atoms with Gasteiger partial charge < -0.3 is 14.2 Å². The minimum absolute atomic E-state index is 0.106. The van der Waals surface area contributed by atoms with Crippen LogP contribution in [0.5, 0.6) is 11.5 Å². The van der Waals surface area contributed by atoms with Crippen molar-refractivity contribution in [1.82, 2.24) is 9.91 Å². The lowest BCUT2D eigenvalue weighted by Crippen LogP contribution is -2.44. The minimum atomic E-state index is -0.306. The van der Waals surface area contributed by atoms with Gasteiger partial charge in [0.1, 0.15) is 11.5 Å². The zero-order valence-electron chi connectivity index (χ0n) is 21.5. The number of amides is 1. The summed E-state index contributed by atoms with van der Waals surface area (Å²) in [4.78, 5) is 28.0. The summed E-state index contributed by atoms with van der Waals surface area (Å²) in [6.07, 6.45) is 2.21. The molecule has 2 aliphatic heterocycles. The normalized spacial score (nSPS) is 20.1. The van der Waals surface area contributed by atoms with Crippen molar-refractivity contribution >= 4 is 17.6 Å². The molecule has 0 N–H and O–H groups in total. The number of likely N-dealkylation sites (tertiary alicyclic amines) is 1. The fourth-order valence-electron chi connectivity index (χ4n) is 4.99. The number of esters is 1. The van der Waals surface area contributed by atoms with E-state index in [2.05, 4.69) is 6.07 Å². The van der Waals surface area contributed by atoms with Gasteiger partial charge in [0.15, 0.2) is 0 Å². The summed E-state index contributed by atoms with van der Waals surface area (Å²) < 4.78 is 16.3. The summed E-state index contributed by atoms with van der Waals surface area (Å²) in [6.45, 7) is 5.69. The van der Waals surface area contributed by atoms with Crippen LogP contribution in [0.3, 0.4) is 0 Å². The highest BCUT2D eigenvalue weighted by molar-refractivity contribution is 6.03. The molecule has 36 heavy (non-hydrogen) atoms. The number of ether oxygens (including phenoxy) is 3. The van der Waals surface area contributed by atoms with Crippen molar-refractivity contribution in [1.29, 1.82) is 0 Å². The molecule has 1 saturated heterocycles. The van der Waals surface area contributed by atoms with Crippen molar-refractivity contribution in [3.8, 4) is 11.5 Å². The topological polar surface area (TPSA) is 80.7 Å². The number of piperidine rings is 1. The van der Waals surface area contributed by atoms with Gasteiger partial charge in [-0.15, -0.1) is 0 Å². The molecule has 0 aromatic heterocycles. The largest absolute Gasteiger partial charge is 0.497 e. The van der Waals surface area contributed by atoms with E-state index >= 15 is 0 Å². The number of hydrogen-bond donors (Lipinski definition) is 0. The van der Waals surface area contributed by atoms with E-state index in [0.717, 1.165) is 41.8 Å². The fraction of sp³-hybridized carbons (Fsp3) is 0.464. The lowest BCUT2D eigenvalue weighted by molar-refractivity contribution is -0.150. The van der Waals surface area contributed by atoms with Gasteiger partial charge in [-0.25, -0.2) is 5.01 Å². The third-order valence-corrected chi connectivity index (χ3v) is 6.80. The van der Waals surface area contributed by atoms with Gasteiger partial charge in [-0.3, -0.25) is 14.5 Å². The first kappa shape index (κ1) is 25.7. The number of carbonyl (C=O) groups is 2. The maximum Gasteiger partial charge on any atom is 0.310 e. The van der Waals surface area contributed by atoms with E-state index in [1.807, 2.05) is 55.1 Å². The average Bonchev–Trinajstić information content (AvgIpc) is 3.34. The smallest absolute Gasteiger partial charge is 0.310 e. The maximum atomic E-state index is 13.7. The van der Waals surface area contributed by atoms with Gasteiger partial charge in [-0.05, 0) is 50.9 Å². The Kier molecular flexibility index (Phi) is 8.25. The van der Waals surface area contributed by atoms with Crippen molar-refractivity contribution in [2.24, 2.45) is 11.0 Å².